The van der Waals surface area contributed by atoms with Crippen LogP contribution in [0.5, 0.6) is 5.75 Å². The maximum Gasteiger partial charge on any atom is 0.292 e. The third kappa shape index (κ3) is 6.01. The van der Waals surface area contributed by atoms with Crippen molar-refractivity contribution >= 4 is 11.7 Å². The summed E-state index contributed by atoms with van der Waals surface area (Å²) in [5, 5.41) is 6.48. The molecule has 210 valence electrons. The second-order valence-electron chi connectivity index (χ2n) is 9.87. The maximum atomic E-state index is 14.0. The SMILES string of the molecule is CC(C)(c1ccccc1)c1ccc(OCc2ccc(C(=O)Nc3ccn(Cc4c(F)c(F)cc(F)c4F)n3)o2)cc1. The van der Waals surface area contributed by atoms with Crippen LogP contribution in [0.4, 0.5) is 23.4 Å². The summed E-state index contributed by atoms with van der Waals surface area (Å²) >= 11 is 0. The van der Waals surface area contributed by atoms with Gasteiger partial charge in [-0.2, -0.15) is 5.10 Å². The van der Waals surface area contributed by atoms with E-state index in [9.17, 15) is 22.4 Å². The average molecular weight is 564 g/mol. The molecule has 0 radical (unpaired) electrons. The molecular formula is C31H25F4N3O3. The van der Waals surface area contributed by atoms with Gasteiger partial charge in [-0.3, -0.25) is 9.48 Å². The van der Waals surface area contributed by atoms with Gasteiger partial charge in [0.1, 0.15) is 18.1 Å². The van der Waals surface area contributed by atoms with Crippen LogP contribution in [0.25, 0.3) is 0 Å². The Kier molecular flexibility index (Phi) is 7.65. The molecule has 0 fully saturated rings. The van der Waals surface area contributed by atoms with Gasteiger partial charge < -0.3 is 14.5 Å². The molecule has 0 spiro atoms. The van der Waals surface area contributed by atoms with E-state index in [0.717, 1.165) is 10.2 Å². The summed E-state index contributed by atoms with van der Waals surface area (Å²) in [6.45, 7) is 3.81. The first-order chi connectivity index (χ1) is 19.6. The molecule has 0 aliphatic carbocycles. The largest absolute Gasteiger partial charge is 0.486 e. The molecule has 1 N–H and O–H groups in total. The Balaban J connectivity index is 1.17. The lowest BCUT2D eigenvalue weighted by Crippen LogP contribution is -2.18. The number of hydrogen-bond acceptors (Lipinski definition) is 4. The van der Waals surface area contributed by atoms with Crippen molar-refractivity contribution in [3.05, 3.63) is 137 Å². The highest BCUT2D eigenvalue weighted by Crippen LogP contribution is 2.32. The Morgan fingerprint density at radius 2 is 1.56 bits per heavy atom. The van der Waals surface area contributed by atoms with Gasteiger partial charge in [0.2, 0.25) is 0 Å². The van der Waals surface area contributed by atoms with Gasteiger partial charge in [0.25, 0.3) is 5.91 Å². The molecule has 5 aromatic rings. The van der Waals surface area contributed by atoms with Crippen molar-refractivity contribution in [2.75, 3.05) is 5.32 Å². The minimum absolute atomic E-state index is 0.0117. The number of hydrogen-bond donors (Lipinski definition) is 1. The highest BCUT2D eigenvalue weighted by atomic mass is 19.2. The Bertz CT molecular complexity index is 1650. The molecule has 0 saturated carbocycles. The van der Waals surface area contributed by atoms with Crippen LogP contribution in [0.2, 0.25) is 0 Å². The summed E-state index contributed by atoms with van der Waals surface area (Å²) in [7, 11) is 0. The molecule has 0 aliphatic rings. The highest BCUT2D eigenvalue weighted by Gasteiger charge is 2.23. The topological polar surface area (TPSA) is 69.3 Å². The second kappa shape index (κ2) is 11.3. The lowest BCUT2D eigenvalue weighted by atomic mass is 9.78. The van der Waals surface area contributed by atoms with Crippen molar-refractivity contribution in [3.8, 4) is 5.75 Å². The van der Waals surface area contributed by atoms with E-state index in [-0.39, 0.29) is 29.7 Å². The number of benzene rings is 3. The zero-order valence-electron chi connectivity index (χ0n) is 22.1. The number of carbonyl (C=O) groups excluding carboxylic acids is 1. The minimum atomic E-state index is -1.51. The summed E-state index contributed by atoms with van der Waals surface area (Å²) < 4.78 is 67.3. The number of furan rings is 1. The molecule has 41 heavy (non-hydrogen) atoms. The average Bonchev–Trinajstić information content (AvgIpc) is 3.63. The molecule has 3 aromatic carbocycles. The monoisotopic (exact) mass is 563 g/mol. The predicted molar refractivity (Wildman–Crippen MR) is 144 cm³/mol. The number of amides is 1. The van der Waals surface area contributed by atoms with Crippen LogP contribution < -0.4 is 10.1 Å². The van der Waals surface area contributed by atoms with E-state index in [2.05, 4.69) is 36.4 Å². The third-order valence-corrected chi connectivity index (χ3v) is 6.74. The summed E-state index contributed by atoms with van der Waals surface area (Å²) in [5.41, 5.74) is 1.33. The van der Waals surface area contributed by atoms with Crippen LogP contribution in [0.1, 0.15) is 46.9 Å². The number of halogens is 4. The molecule has 10 heteroatoms. The van der Waals surface area contributed by atoms with Crippen LogP contribution in [-0.2, 0) is 18.6 Å². The number of rotatable bonds is 9. The minimum Gasteiger partial charge on any atom is -0.486 e. The van der Waals surface area contributed by atoms with E-state index in [1.165, 1.54) is 23.9 Å². The van der Waals surface area contributed by atoms with E-state index >= 15 is 0 Å². The van der Waals surface area contributed by atoms with Crippen molar-refractivity contribution in [1.82, 2.24) is 9.78 Å². The fourth-order valence-corrected chi connectivity index (χ4v) is 4.34. The first-order valence-corrected chi connectivity index (χ1v) is 12.7. The molecule has 2 heterocycles. The molecule has 2 aromatic heterocycles. The number of anilines is 1. The lowest BCUT2D eigenvalue weighted by Gasteiger charge is -2.26. The Labute approximate surface area is 233 Å². The van der Waals surface area contributed by atoms with Gasteiger partial charge in [-0.05, 0) is 35.4 Å². The molecule has 0 bridgehead atoms. The van der Waals surface area contributed by atoms with Crippen LogP contribution in [-0.4, -0.2) is 15.7 Å². The van der Waals surface area contributed by atoms with Crippen molar-refractivity contribution in [3.63, 3.8) is 0 Å². The fourth-order valence-electron chi connectivity index (χ4n) is 4.34. The standard InChI is InChI=1S/C31H25F4N3O3/c1-31(2,19-6-4-3-5-7-19)20-8-10-21(11-9-20)40-18-22-12-13-26(41-22)30(39)36-27-14-15-38(37-27)17-23-28(34)24(32)16-25(33)29(23)35/h3-16H,17-18H2,1-2H3,(H,36,37,39). The first kappa shape index (κ1) is 27.7. The molecule has 0 saturated heterocycles. The number of nitrogens with one attached hydrogen (secondary N) is 1. The molecule has 0 atom stereocenters. The smallest absolute Gasteiger partial charge is 0.292 e. The van der Waals surface area contributed by atoms with Crippen molar-refractivity contribution in [2.24, 2.45) is 0 Å². The van der Waals surface area contributed by atoms with Gasteiger partial charge in [-0.1, -0.05) is 56.3 Å². The predicted octanol–water partition coefficient (Wildman–Crippen LogP) is 7.24. The Hall–Kier alpha value is -4.86. The van der Waals surface area contributed by atoms with E-state index in [1.807, 2.05) is 42.5 Å². The zero-order chi connectivity index (χ0) is 29.1. The molecule has 0 aliphatic heterocycles. The Morgan fingerprint density at radius 3 is 2.24 bits per heavy atom. The van der Waals surface area contributed by atoms with Gasteiger partial charge in [-0.15, -0.1) is 0 Å². The van der Waals surface area contributed by atoms with E-state index in [4.69, 9.17) is 9.15 Å². The van der Waals surface area contributed by atoms with E-state index in [1.54, 1.807) is 6.07 Å². The molecule has 1 amide bonds. The maximum absolute atomic E-state index is 14.0. The second-order valence-corrected chi connectivity index (χ2v) is 9.87. The summed E-state index contributed by atoms with van der Waals surface area (Å²) in [5.74, 6) is -5.59. The summed E-state index contributed by atoms with van der Waals surface area (Å²) in [6.07, 6.45) is 1.30. The summed E-state index contributed by atoms with van der Waals surface area (Å²) in [4.78, 5) is 12.6. The first-order valence-electron chi connectivity index (χ1n) is 12.7. The third-order valence-electron chi connectivity index (χ3n) is 6.74. The van der Waals surface area contributed by atoms with E-state index in [0.29, 0.717) is 11.5 Å². The molecule has 0 unspecified atom stereocenters. The normalized spacial score (nSPS) is 11.5. The van der Waals surface area contributed by atoms with Crippen LogP contribution in [0.3, 0.4) is 0 Å². The van der Waals surface area contributed by atoms with Crippen LogP contribution in [0.15, 0.2) is 89.5 Å². The highest BCUT2D eigenvalue weighted by molar-refractivity contribution is 6.01. The number of ether oxygens (including phenoxy) is 1. The van der Waals surface area contributed by atoms with Crippen molar-refractivity contribution in [1.29, 1.82) is 0 Å². The molecular weight excluding hydrogens is 538 g/mol. The summed E-state index contributed by atoms with van der Waals surface area (Å²) in [6, 6.07) is 22.6. The van der Waals surface area contributed by atoms with Gasteiger partial charge in [0.05, 0.1) is 12.1 Å². The van der Waals surface area contributed by atoms with Gasteiger partial charge in [0, 0.05) is 23.7 Å². The zero-order valence-corrected chi connectivity index (χ0v) is 22.1. The number of aromatic nitrogens is 2. The Morgan fingerprint density at radius 1 is 0.902 bits per heavy atom. The van der Waals surface area contributed by atoms with E-state index < -0.39 is 41.3 Å². The van der Waals surface area contributed by atoms with Crippen LogP contribution >= 0.6 is 0 Å². The van der Waals surface area contributed by atoms with Crippen molar-refractivity contribution in [2.45, 2.75) is 32.4 Å². The quantitative estimate of drug-likeness (QED) is 0.152. The molecule has 5 rings (SSSR count). The van der Waals surface area contributed by atoms with Gasteiger partial charge >= 0.3 is 0 Å². The van der Waals surface area contributed by atoms with Gasteiger partial charge in [-0.25, -0.2) is 17.6 Å². The lowest BCUT2D eigenvalue weighted by molar-refractivity contribution is 0.0992. The fraction of sp³-hybridized carbons (Fsp3) is 0.161. The number of nitrogens with zero attached hydrogens (tertiary/aromatic N) is 2. The molecule has 6 nitrogen and oxygen atoms in total. The van der Waals surface area contributed by atoms with Crippen LogP contribution in [0, 0.1) is 23.3 Å². The van der Waals surface area contributed by atoms with Gasteiger partial charge in [0.15, 0.2) is 34.8 Å². The number of carbonyl (C=O) groups is 1. The van der Waals surface area contributed by atoms with Crippen molar-refractivity contribution < 1.29 is 31.5 Å².